The summed E-state index contributed by atoms with van der Waals surface area (Å²) in [6, 6.07) is 32.6. The Labute approximate surface area is 382 Å². The minimum absolute atomic E-state index is 0.0805. The highest BCUT2D eigenvalue weighted by atomic mass is 28.4. The van der Waals surface area contributed by atoms with Crippen LogP contribution in [0.4, 0.5) is 15.3 Å². The first kappa shape index (κ1) is 50.2. The maximum Gasteiger partial charge on any atom is 0.407 e. The van der Waals surface area contributed by atoms with Crippen LogP contribution in [0.15, 0.2) is 115 Å². The van der Waals surface area contributed by atoms with E-state index in [1.54, 1.807) is 45.3 Å². The van der Waals surface area contributed by atoms with Gasteiger partial charge in [-0.15, -0.1) is 0 Å². The lowest BCUT2D eigenvalue weighted by Crippen LogP contribution is -2.78. The molecule has 5 rings (SSSR count). The molecule has 14 heteroatoms. The highest BCUT2D eigenvalue weighted by Crippen LogP contribution is 2.53. The molecule has 64 heavy (non-hydrogen) atoms. The van der Waals surface area contributed by atoms with Crippen LogP contribution in [0.25, 0.3) is 0 Å². The van der Waals surface area contributed by atoms with Crippen molar-refractivity contribution in [2.75, 3.05) is 26.0 Å². The first-order valence-corrected chi connectivity index (χ1v) is 26.8. The Balaban J connectivity index is 1.83. The summed E-state index contributed by atoms with van der Waals surface area (Å²) in [6.45, 7) is 20.8. The minimum Gasteiger partial charge on any atom is -0.445 e. The lowest BCUT2D eigenvalue weighted by Gasteiger charge is -2.53. The maximum absolute atomic E-state index is 14.4. The van der Waals surface area contributed by atoms with Crippen molar-refractivity contribution in [2.45, 2.75) is 127 Å². The number of carbonyl (C=O) groups is 3. The molecule has 0 radical (unpaired) electrons. The van der Waals surface area contributed by atoms with Gasteiger partial charge in [0.25, 0.3) is 8.32 Å². The van der Waals surface area contributed by atoms with E-state index in [0.717, 1.165) is 15.9 Å². The summed E-state index contributed by atoms with van der Waals surface area (Å²) in [7, 11) is -3.05. The molecule has 0 heterocycles. The molecule has 1 aliphatic carbocycles. The van der Waals surface area contributed by atoms with Crippen LogP contribution in [0.1, 0.15) is 78.2 Å². The predicted octanol–water partition coefficient (Wildman–Crippen LogP) is 7.46. The molecule has 6 atom stereocenters. The van der Waals surface area contributed by atoms with Crippen molar-refractivity contribution in [1.82, 2.24) is 15.5 Å². The SMILES string of the molecule is CC(=O)c1cccc(N[C@H]2[C@H](NC(=O)OCc3ccccc3)[C@@](NC(=O)N(C)C)([C@H](C)O[Si](C)(C)C(C)(C)C)[C@@](C)(O)[C@@]2(O)CO[Si](c2ccccc2)(c2ccccc2)C(C)(C)C)c1. The standard InChI is InChI=1S/C50H70N4O8Si2/c1-35(55)38-26-23-27-39(32-38)51-42-43(52-45(57)60-33-37-24-17-14-18-25-37)50(53-44(56)54(10)11,36(2)62-63(12,13)46(3,4)5)48(9,58)49(42,59)34-61-64(47(6,7)8,40-28-19-15-20-29-40)41-30-21-16-22-31-41/h14-32,36,42-43,51,58-59H,33-34H2,1-13H3,(H,52,57)(H,53,56)/t36-,42-,43-,48-,49+,50-/m0/s1. The quantitative estimate of drug-likeness (QED) is 0.0604. The Hall–Kier alpha value is -4.84. The molecule has 1 saturated carbocycles. The number of aliphatic hydroxyl groups is 2. The van der Waals surface area contributed by atoms with Gasteiger partial charge in [-0.05, 0) is 72.0 Å². The molecule has 346 valence electrons. The van der Waals surface area contributed by atoms with Gasteiger partial charge < -0.3 is 44.7 Å². The molecule has 0 spiro atoms. The van der Waals surface area contributed by atoms with Crippen molar-refractivity contribution >= 4 is 50.6 Å². The maximum atomic E-state index is 14.4. The number of benzene rings is 4. The monoisotopic (exact) mass is 910 g/mol. The zero-order chi connectivity index (χ0) is 47.5. The van der Waals surface area contributed by atoms with Crippen LogP contribution in [-0.4, -0.2) is 105 Å². The van der Waals surface area contributed by atoms with Crippen LogP contribution in [-0.2, 0) is 20.2 Å². The van der Waals surface area contributed by atoms with Crippen LogP contribution >= 0.6 is 0 Å². The van der Waals surface area contributed by atoms with Gasteiger partial charge in [0.1, 0.15) is 23.3 Å². The average molecular weight is 911 g/mol. The van der Waals surface area contributed by atoms with Gasteiger partial charge in [0.15, 0.2) is 14.1 Å². The van der Waals surface area contributed by atoms with Crippen LogP contribution < -0.4 is 26.3 Å². The number of hydrogen-bond acceptors (Lipinski definition) is 9. The number of ketones is 1. The van der Waals surface area contributed by atoms with Crippen LogP contribution in [0.3, 0.4) is 0 Å². The third-order valence-electron chi connectivity index (χ3n) is 13.6. The van der Waals surface area contributed by atoms with E-state index in [9.17, 15) is 24.6 Å². The fourth-order valence-electron chi connectivity index (χ4n) is 8.96. The van der Waals surface area contributed by atoms with E-state index in [0.29, 0.717) is 11.3 Å². The van der Waals surface area contributed by atoms with Gasteiger partial charge in [-0.2, -0.15) is 0 Å². The van der Waals surface area contributed by atoms with E-state index < -0.39 is 75.3 Å². The number of Topliss-reactive ketones (excluding diaryl/α,β-unsaturated/α-hetero) is 1. The number of urea groups is 1. The summed E-state index contributed by atoms with van der Waals surface area (Å²) in [6.07, 6.45) is -1.93. The Morgan fingerprint density at radius 1 is 0.781 bits per heavy atom. The average Bonchev–Trinajstić information content (AvgIpc) is 3.35. The fourth-order valence-corrected chi connectivity index (χ4v) is 15.0. The molecule has 4 aromatic rings. The molecule has 12 nitrogen and oxygen atoms in total. The second-order valence-electron chi connectivity index (χ2n) is 20.1. The van der Waals surface area contributed by atoms with Gasteiger partial charge in [-0.1, -0.05) is 145 Å². The number of anilines is 1. The first-order chi connectivity index (χ1) is 29.7. The number of rotatable bonds is 15. The van der Waals surface area contributed by atoms with E-state index in [1.807, 2.05) is 91.0 Å². The van der Waals surface area contributed by atoms with E-state index >= 15 is 0 Å². The van der Waals surface area contributed by atoms with E-state index in [-0.39, 0.29) is 17.4 Å². The Bertz CT molecular complexity index is 2190. The number of ether oxygens (including phenoxy) is 1. The van der Waals surface area contributed by atoms with Gasteiger partial charge in [-0.25, -0.2) is 9.59 Å². The second kappa shape index (κ2) is 18.9. The zero-order valence-corrected chi connectivity index (χ0v) is 41.9. The molecular formula is C50H70N4O8Si2. The number of alkyl carbamates (subject to hydrolysis) is 1. The molecule has 4 aromatic carbocycles. The summed E-state index contributed by atoms with van der Waals surface area (Å²) < 4.78 is 20.5. The molecular weight excluding hydrogens is 841 g/mol. The van der Waals surface area contributed by atoms with Crippen LogP contribution in [0, 0.1) is 0 Å². The van der Waals surface area contributed by atoms with Crippen LogP contribution in [0.5, 0.6) is 0 Å². The lowest BCUT2D eigenvalue weighted by molar-refractivity contribution is -0.182. The lowest BCUT2D eigenvalue weighted by atomic mass is 9.73. The van der Waals surface area contributed by atoms with Crippen molar-refractivity contribution in [3.63, 3.8) is 0 Å². The predicted molar refractivity (Wildman–Crippen MR) is 259 cm³/mol. The van der Waals surface area contributed by atoms with Gasteiger partial charge in [0, 0.05) is 25.3 Å². The van der Waals surface area contributed by atoms with Crippen molar-refractivity contribution in [3.05, 3.63) is 126 Å². The molecule has 0 aliphatic heterocycles. The first-order valence-electron chi connectivity index (χ1n) is 22.0. The Morgan fingerprint density at radius 2 is 1.31 bits per heavy atom. The molecule has 5 N–H and O–H groups in total. The summed E-state index contributed by atoms with van der Waals surface area (Å²) in [5.74, 6) is -0.185. The molecule has 3 amide bonds. The van der Waals surface area contributed by atoms with Crippen molar-refractivity contribution in [3.8, 4) is 0 Å². The highest BCUT2D eigenvalue weighted by molar-refractivity contribution is 6.99. The van der Waals surface area contributed by atoms with Crippen LogP contribution in [0.2, 0.25) is 23.2 Å². The summed E-state index contributed by atoms with van der Waals surface area (Å²) >= 11 is 0. The van der Waals surface area contributed by atoms with Crippen molar-refractivity contribution in [2.24, 2.45) is 0 Å². The highest BCUT2D eigenvalue weighted by Gasteiger charge is 2.78. The van der Waals surface area contributed by atoms with Gasteiger partial charge in [-0.3, -0.25) is 4.79 Å². The molecule has 0 aromatic heterocycles. The van der Waals surface area contributed by atoms with Gasteiger partial charge in [0.2, 0.25) is 0 Å². The minimum atomic E-state index is -3.44. The third-order valence-corrected chi connectivity index (χ3v) is 23.2. The summed E-state index contributed by atoms with van der Waals surface area (Å²) in [4.78, 5) is 42.8. The van der Waals surface area contributed by atoms with Crippen molar-refractivity contribution in [1.29, 1.82) is 0 Å². The summed E-state index contributed by atoms with van der Waals surface area (Å²) in [5.41, 5.74) is -5.18. The van der Waals surface area contributed by atoms with Crippen molar-refractivity contribution < 1.29 is 38.2 Å². The second-order valence-corrected chi connectivity index (χ2v) is 29.2. The van der Waals surface area contributed by atoms with Gasteiger partial charge >= 0.3 is 12.1 Å². The molecule has 1 aliphatic rings. The number of nitrogens with zero attached hydrogens (tertiary/aromatic N) is 1. The van der Waals surface area contributed by atoms with E-state index in [2.05, 4.69) is 70.6 Å². The third kappa shape index (κ3) is 9.58. The number of hydrogen-bond donors (Lipinski definition) is 5. The number of carbonyl (C=O) groups excluding carboxylic acids is 3. The van der Waals surface area contributed by atoms with E-state index in [4.69, 9.17) is 13.6 Å². The normalized spacial score (nSPS) is 23.2. The molecule has 0 unspecified atom stereocenters. The molecule has 0 saturated heterocycles. The molecule has 0 bridgehead atoms. The Morgan fingerprint density at radius 3 is 1.80 bits per heavy atom. The topological polar surface area (TPSA) is 159 Å². The zero-order valence-electron chi connectivity index (χ0n) is 39.9. The number of amides is 3. The molecule has 1 fully saturated rings. The van der Waals surface area contributed by atoms with Gasteiger partial charge in [0.05, 0.1) is 24.8 Å². The largest absolute Gasteiger partial charge is 0.445 e. The number of nitrogens with one attached hydrogen (secondary N) is 3. The fraction of sp³-hybridized carbons (Fsp3) is 0.460. The smallest absolute Gasteiger partial charge is 0.407 e. The van der Waals surface area contributed by atoms with E-state index in [1.165, 1.54) is 18.7 Å². The summed E-state index contributed by atoms with van der Waals surface area (Å²) in [5, 5.41) is 38.6. The Kier molecular flexibility index (Phi) is 14.8.